The summed E-state index contributed by atoms with van der Waals surface area (Å²) in [7, 11) is 0. The summed E-state index contributed by atoms with van der Waals surface area (Å²) in [6.45, 7) is 3.60. The van der Waals surface area contributed by atoms with Crippen LogP contribution in [0.2, 0.25) is 0 Å². The van der Waals surface area contributed by atoms with Gasteiger partial charge in [-0.15, -0.1) is 0 Å². The molecule has 4 heteroatoms. The Kier molecular flexibility index (Phi) is 2.81. The van der Waals surface area contributed by atoms with E-state index in [1.165, 1.54) is 5.56 Å². The van der Waals surface area contributed by atoms with Crippen molar-refractivity contribution in [3.8, 4) is 6.07 Å². The molecular formula is C15H14N4. The van der Waals surface area contributed by atoms with E-state index >= 15 is 0 Å². The molecule has 0 bridgehead atoms. The third-order valence-corrected chi connectivity index (χ3v) is 3.32. The fraction of sp³-hybridized carbons (Fsp3) is 0.200. The van der Waals surface area contributed by atoms with Gasteiger partial charge >= 0.3 is 0 Å². The molecule has 0 N–H and O–H groups in total. The second-order valence-corrected chi connectivity index (χ2v) is 4.62. The van der Waals surface area contributed by atoms with Crippen LogP contribution < -0.4 is 4.90 Å². The monoisotopic (exact) mass is 250 g/mol. The summed E-state index contributed by atoms with van der Waals surface area (Å²) in [6.07, 6.45) is 3.76. The van der Waals surface area contributed by atoms with E-state index in [2.05, 4.69) is 34.3 Å². The van der Waals surface area contributed by atoms with Gasteiger partial charge in [-0.3, -0.25) is 0 Å². The molecule has 0 unspecified atom stereocenters. The highest BCUT2D eigenvalue weighted by molar-refractivity contribution is 5.64. The van der Waals surface area contributed by atoms with E-state index in [1.54, 1.807) is 6.20 Å². The van der Waals surface area contributed by atoms with Gasteiger partial charge in [0.05, 0.1) is 6.20 Å². The topological polar surface area (TPSA) is 44.9 Å². The molecule has 0 saturated carbocycles. The van der Waals surface area contributed by atoms with E-state index in [0.717, 1.165) is 24.6 Å². The molecule has 3 rings (SSSR count). The smallest absolute Gasteiger partial charge is 0.150 e. The average Bonchev–Trinajstić information content (AvgIpc) is 2.88. The molecule has 0 saturated heterocycles. The van der Waals surface area contributed by atoms with Crippen molar-refractivity contribution in [2.24, 2.45) is 0 Å². The van der Waals surface area contributed by atoms with E-state index in [9.17, 15) is 5.26 Å². The predicted octanol–water partition coefficient (Wildman–Crippen LogP) is 2.64. The molecule has 2 aromatic rings. The van der Waals surface area contributed by atoms with Crippen molar-refractivity contribution in [3.63, 3.8) is 0 Å². The number of anilines is 1. The number of hydrogen-bond acceptors (Lipinski definition) is 3. The van der Waals surface area contributed by atoms with Crippen molar-refractivity contribution >= 4 is 11.5 Å². The van der Waals surface area contributed by atoms with Crippen molar-refractivity contribution in [1.82, 2.24) is 9.78 Å². The van der Waals surface area contributed by atoms with Crippen LogP contribution in [0, 0.1) is 11.3 Å². The van der Waals surface area contributed by atoms with Crippen molar-refractivity contribution in [1.29, 1.82) is 5.26 Å². The molecule has 0 amide bonds. The van der Waals surface area contributed by atoms with E-state index < -0.39 is 0 Å². The Hall–Kier alpha value is -2.54. The van der Waals surface area contributed by atoms with Gasteiger partial charge in [-0.1, -0.05) is 30.3 Å². The number of nitriles is 1. The molecule has 1 aliphatic heterocycles. The summed E-state index contributed by atoms with van der Waals surface area (Å²) in [6, 6.07) is 12.5. The van der Waals surface area contributed by atoms with Crippen LogP contribution in [-0.2, 0) is 6.54 Å². The van der Waals surface area contributed by atoms with Crippen LogP contribution >= 0.6 is 0 Å². The van der Waals surface area contributed by atoms with Crippen molar-refractivity contribution in [3.05, 3.63) is 53.7 Å². The van der Waals surface area contributed by atoms with Gasteiger partial charge in [0.15, 0.2) is 5.82 Å². The molecule has 1 aromatic heterocycles. The standard InChI is InChI=1S/C15H14N4/c1-12-7-8-18(11-13-5-3-2-4-6-13)15-14(9-16)10-17-19(12)15/h2-7,10H,8,11H2,1H3. The average molecular weight is 250 g/mol. The Morgan fingerprint density at radius 3 is 2.84 bits per heavy atom. The van der Waals surface area contributed by atoms with Crippen LogP contribution in [0.3, 0.4) is 0 Å². The van der Waals surface area contributed by atoms with E-state index in [4.69, 9.17) is 0 Å². The summed E-state index contributed by atoms with van der Waals surface area (Å²) in [5, 5.41) is 13.5. The lowest BCUT2D eigenvalue weighted by Gasteiger charge is -2.28. The third-order valence-electron chi connectivity index (χ3n) is 3.32. The van der Waals surface area contributed by atoms with Gasteiger partial charge < -0.3 is 4.90 Å². The molecule has 19 heavy (non-hydrogen) atoms. The maximum Gasteiger partial charge on any atom is 0.150 e. The lowest BCUT2D eigenvalue weighted by Crippen LogP contribution is -2.29. The predicted molar refractivity (Wildman–Crippen MR) is 74.4 cm³/mol. The second kappa shape index (κ2) is 4.62. The van der Waals surface area contributed by atoms with E-state index in [0.29, 0.717) is 5.56 Å². The van der Waals surface area contributed by atoms with Gasteiger partial charge in [-0.25, -0.2) is 4.68 Å². The summed E-state index contributed by atoms with van der Waals surface area (Å²) in [5.74, 6) is 0.895. The fourth-order valence-corrected chi connectivity index (χ4v) is 2.34. The van der Waals surface area contributed by atoms with Crippen LogP contribution in [0.5, 0.6) is 0 Å². The van der Waals surface area contributed by atoms with Crippen molar-refractivity contribution in [2.75, 3.05) is 11.4 Å². The summed E-state index contributed by atoms with van der Waals surface area (Å²) >= 11 is 0. The molecule has 0 spiro atoms. The molecule has 0 aliphatic carbocycles. The Bertz CT molecular complexity index is 661. The first kappa shape index (κ1) is 11.5. The normalized spacial score (nSPS) is 13.7. The highest BCUT2D eigenvalue weighted by Gasteiger charge is 2.21. The Balaban J connectivity index is 1.98. The quantitative estimate of drug-likeness (QED) is 0.823. The molecule has 94 valence electrons. The van der Waals surface area contributed by atoms with Crippen molar-refractivity contribution in [2.45, 2.75) is 13.5 Å². The molecule has 1 aromatic carbocycles. The molecule has 0 fully saturated rings. The van der Waals surface area contributed by atoms with Crippen molar-refractivity contribution < 1.29 is 0 Å². The maximum absolute atomic E-state index is 9.20. The van der Waals surface area contributed by atoms with Crippen LogP contribution in [0.4, 0.5) is 5.82 Å². The molecule has 1 aliphatic rings. The minimum Gasteiger partial charge on any atom is -0.347 e. The number of hydrogen-bond donors (Lipinski definition) is 0. The zero-order valence-corrected chi connectivity index (χ0v) is 10.7. The first-order chi connectivity index (χ1) is 9.29. The molecule has 0 radical (unpaired) electrons. The van der Waals surface area contributed by atoms with E-state index in [-0.39, 0.29) is 0 Å². The minimum atomic E-state index is 0.628. The summed E-state index contributed by atoms with van der Waals surface area (Å²) < 4.78 is 1.84. The Morgan fingerprint density at radius 1 is 1.32 bits per heavy atom. The Morgan fingerprint density at radius 2 is 2.11 bits per heavy atom. The lowest BCUT2D eigenvalue weighted by atomic mass is 10.2. The van der Waals surface area contributed by atoms with Gasteiger partial charge in [-0.2, -0.15) is 10.4 Å². The number of allylic oxidation sites excluding steroid dienone is 1. The SMILES string of the molecule is CC1=CCN(Cc2ccccc2)c2c(C#N)cnn21. The highest BCUT2D eigenvalue weighted by Crippen LogP contribution is 2.28. The third kappa shape index (κ3) is 2.00. The summed E-state index contributed by atoms with van der Waals surface area (Å²) in [5.41, 5.74) is 2.93. The fourth-order valence-electron chi connectivity index (χ4n) is 2.34. The second-order valence-electron chi connectivity index (χ2n) is 4.62. The van der Waals surface area contributed by atoms with Gasteiger partial charge in [0.2, 0.25) is 0 Å². The maximum atomic E-state index is 9.20. The highest BCUT2D eigenvalue weighted by atomic mass is 15.4. The summed E-state index contributed by atoms with van der Waals surface area (Å²) in [4.78, 5) is 2.17. The van der Waals surface area contributed by atoms with Crippen LogP contribution in [0.1, 0.15) is 18.1 Å². The first-order valence-corrected chi connectivity index (χ1v) is 6.23. The van der Waals surface area contributed by atoms with Gasteiger partial charge in [0.25, 0.3) is 0 Å². The van der Waals surface area contributed by atoms with Gasteiger partial charge in [0, 0.05) is 18.8 Å². The minimum absolute atomic E-state index is 0.628. The molecule has 4 nitrogen and oxygen atoms in total. The van der Waals surface area contributed by atoms with Gasteiger partial charge in [-0.05, 0) is 18.6 Å². The largest absolute Gasteiger partial charge is 0.347 e. The van der Waals surface area contributed by atoms with Gasteiger partial charge in [0.1, 0.15) is 11.6 Å². The lowest BCUT2D eigenvalue weighted by molar-refractivity contribution is 0.763. The number of aromatic nitrogens is 2. The molecule has 0 atom stereocenters. The van der Waals surface area contributed by atoms with Crippen LogP contribution in [-0.4, -0.2) is 16.3 Å². The zero-order valence-electron chi connectivity index (χ0n) is 10.7. The van der Waals surface area contributed by atoms with E-state index in [1.807, 2.05) is 29.8 Å². The number of benzene rings is 1. The van der Waals surface area contributed by atoms with Crippen LogP contribution in [0.25, 0.3) is 5.70 Å². The number of fused-ring (bicyclic) bond motifs is 1. The molecular weight excluding hydrogens is 236 g/mol. The van der Waals surface area contributed by atoms with Crippen LogP contribution in [0.15, 0.2) is 42.6 Å². The first-order valence-electron chi connectivity index (χ1n) is 6.23. The Labute approximate surface area is 112 Å². The number of rotatable bonds is 2. The zero-order chi connectivity index (χ0) is 13.2. The molecule has 2 heterocycles. The number of nitrogens with zero attached hydrogens (tertiary/aromatic N) is 4.